The van der Waals surface area contributed by atoms with E-state index in [1.807, 2.05) is 38.1 Å². The van der Waals surface area contributed by atoms with Crippen molar-refractivity contribution in [1.82, 2.24) is 16.0 Å². The third-order valence-corrected chi connectivity index (χ3v) is 3.04. The Kier molecular flexibility index (Phi) is 6.18. The van der Waals surface area contributed by atoms with Gasteiger partial charge in [0, 0.05) is 12.6 Å². The highest BCUT2D eigenvalue weighted by Crippen LogP contribution is 2.13. The molecular formula is C15H23N3O2. The number of amides is 3. The summed E-state index contributed by atoms with van der Waals surface area (Å²) in [6.07, 6.45) is 0. The maximum Gasteiger partial charge on any atom is 0.321 e. The average Bonchev–Trinajstić information content (AvgIpc) is 2.39. The molecule has 0 aliphatic carbocycles. The second-order valence-electron chi connectivity index (χ2n) is 4.87. The summed E-state index contributed by atoms with van der Waals surface area (Å²) in [6.45, 7) is 8.04. The van der Waals surface area contributed by atoms with E-state index < -0.39 is 12.1 Å². The van der Waals surface area contributed by atoms with Gasteiger partial charge in [0.15, 0.2) is 0 Å². The Hall–Kier alpha value is -1.88. The van der Waals surface area contributed by atoms with E-state index in [1.165, 1.54) is 5.56 Å². The smallest absolute Gasteiger partial charge is 0.321 e. The maximum absolute atomic E-state index is 11.8. The molecule has 2 atom stereocenters. The van der Waals surface area contributed by atoms with Crippen LogP contribution in [0.1, 0.15) is 37.9 Å². The molecule has 0 radical (unpaired) electrons. The molecule has 0 fully saturated rings. The van der Waals surface area contributed by atoms with Crippen LogP contribution in [0.2, 0.25) is 0 Å². The Morgan fingerprint density at radius 3 is 2.30 bits per heavy atom. The third-order valence-electron chi connectivity index (χ3n) is 3.04. The molecule has 0 saturated heterocycles. The minimum absolute atomic E-state index is 0.0330. The molecule has 0 heterocycles. The Balaban J connectivity index is 2.52. The second kappa shape index (κ2) is 7.65. The molecule has 1 rings (SSSR count). The predicted molar refractivity (Wildman–Crippen MR) is 79.4 cm³/mol. The van der Waals surface area contributed by atoms with Crippen LogP contribution >= 0.6 is 0 Å². The van der Waals surface area contributed by atoms with Crippen LogP contribution < -0.4 is 16.0 Å². The summed E-state index contributed by atoms with van der Waals surface area (Å²) in [5.74, 6) is -0.338. The van der Waals surface area contributed by atoms with Crippen LogP contribution in [0, 0.1) is 6.92 Å². The van der Waals surface area contributed by atoms with Crippen LogP contribution in [0.4, 0.5) is 4.79 Å². The zero-order valence-corrected chi connectivity index (χ0v) is 12.5. The Morgan fingerprint density at radius 1 is 1.15 bits per heavy atom. The summed E-state index contributed by atoms with van der Waals surface area (Å²) in [7, 11) is 0. The van der Waals surface area contributed by atoms with Crippen LogP contribution in [0.15, 0.2) is 24.3 Å². The molecule has 0 bridgehead atoms. The molecule has 0 aliphatic heterocycles. The van der Waals surface area contributed by atoms with Crippen molar-refractivity contribution in [3.8, 4) is 0 Å². The van der Waals surface area contributed by atoms with E-state index in [0.29, 0.717) is 6.54 Å². The van der Waals surface area contributed by atoms with Gasteiger partial charge < -0.3 is 5.32 Å². The maximum atomic E-state index is 11.8. The van der Waals surface area contributed by atoms with Crippen molar-refractivity contribution in [2.45, 2.75) is 39.8 Å². The van der Waals surface area contributed by atoms with Crippen molar-refractivity contribution in [1.29, 1.82) is 0 Å². The zero-order chi connectivity index (χ0) is 15.1. The topological polar surface area (TPSA) is 70.2 Å². The Bertz CT molecular complexity index is 457. The first-order chi connectivity index (χ1) is 9.43. The van der Waals surface area contributed by atoms with E-state index in [-0.39, 0.29) is 11.9 Å². The van der Waals surface area contributed by atoms with Gasteiger partial charge in [0.1, 0.15) is 0 Å². The molecule has 5 heteroatoms. The van der Waals surface area contributed by atoms with Gasteiger partial charge in [-0.3, -0.25) is 15.4 Å². The number of carbonyl (C=O) groups excluding carboxylic acids is 2. The first kappa shape index (κ1) is 16.2. The van der Waals surface area contributed by atoms with E-state index in [9.17, 15) is 9.59 Å². The molecule has 110 valence electrons. The summed E-state index contributed by atoms with van der Waals surface area (Å²) < 4.78 is 0. The lowest BCUT2D eigenvalue weighted by molar-refractivity contribution is -0.121. The lowest BCUT2D eigenvalue weighted by atomic mass is 10.1. The van der Waals surface area contributed by atoms with Gasteiger partial charge in [-0.15, -0.1) is 0 Å². The van der Waals surface area contributed by atoms with Crippen LogP contribution in [-0.4, -0.2) is 24.5 Å². The third kappa shape index (κ3) is 5.01. The van der Waals surface area contributed by atoms with Crippen molar-refractivity contribution in [2.24, 2.45) is 0 Å². The molecule has 3 amide bonds. The molecule has 20 heavy (non-hydrogen) atoms. The Labute approximate surface area is 120 Å². The number of carbonyl (C=O) groups is 2. The monoisotopic (exact) mass is 277 g/mol. The Morgan fingerprint density at radius 2 is 1.75 bits per heavy atom. The fraction of sp³-hybridized carbons (Fsp3) is 0.467. The summed E-state index contributed by atoms with van der Waals surface area (Å²) in [5.41, 5.74) is 2.30. The van der Waals surface area contributed by atoms with E-state index >= 15 is 0 Å². The summed E-state index contributed by atoms with van der Waals surface area (Å²) in [6, 6.07) is 7.25. The van der Waals surface area contributed by atoms with Gasteiger partial charge in [-0.05, 0) is 33.3 Å². The molecule has 5 nitrogen and oxygen atoms in total. The normalized spacial score (nSPS) is 13.4. The van der Waals surface area contributed by atoms with Gasteiger partial charge >= 0.3 is 6.03 Å². The van der Waals surface area contributed by atoms with Crippen molar-refractivity contribution in [3.05, 3.63) is 35.4 Å². The molecule has 1 aromatic carbocycles. The SMILES string of the molecule is CCNC(=O)NC(=O)C(C)N[C@@H](C)c1ccc(C)cc1. The fourth-order valence-electron chi connectivity index (χ4n) is 1.83. The molecule has 0 saturated carbocycles. The zero-order valence-electron chi connectivity index (χ0n) is 12.5. The number of benzene rings is 1. The summed E-state index contributed by atoms with van der Waals surface area (Å²) in [5, 5.41) is 7.99. The highest BCUT2D eigenvalue weighted by atomic mass is 16.2. The number of aryl methyl sites for hydroxylation is 1. The van der Waals surface area contributed by atoms with Gasteiger partial charge in [-0.2, -0.15) is 0 Å². The van der Waals surface area contributed by atoms with E-state index in [0.717, 1.165) is 5.56 Å². The largest absolute Gasteiger partial charge is 0.338 e. The molecule has 0 aliphatic rings. The fourth-order valence-corrected chi connectivity index (χ4v) is 1.83. The van der Waals surface area contributed by atoms with E-state index in [4.69, 9.17) is 0 Å². The quantitative estimate of drug-likeness (QED) is 0.769. The lowest BCUT2D eigenvalue weighted by Crippen LogP contribution is -2.48. The number of hydrogen-bond acceptors (Lipinski definition) is 3. The van der Waals surface area contributed by atoms with Crippen LogP contribution in [-0.2, 0) is 4.79 Å². The second-order valence-corrected chi connectivity index (χ2v) is 4.87. The lowest BCUT2D eigenvalue weighted by Gasteiger charge is -2.19. The molecule has 1 aromatic rings. The predicted octanol–water partition coefficient (Wildman–Crippen LogP) is 1.88. The van der Waals surface area contributed by atoms with Crippen LogP contribution in [0.25, 0.3) is 0 Å². The van der Waals surface area contributed by atoms with Gasteiger partial charge in [0.2, 0.25) is 5.91 Å². The highest BCUT2D eigenvalue weighted by Gasteiger charge is 2.17. The standard InChI is InChI=1S/C15H23N3O2/c1-5-16-15(20)18-14(19)12(4)17-11(3)13-8-6-10(2)7-9-13/h6-9,11-12,17H,5H2,1-4H3,(H2,16,18,19,20)/t11-,12?/m0/s1. The molecular weight excluding hydrogens is 254 g/mol. The van der Waals surface area contributed by atoms with Crippen LogP contribution in [0.3, 0.4) is 0 Å². The van der Waals surface area contributed by atoms with Gasteiger partial charge in [0.05, 0.1) is 6.04 Å². The number of urea groups is 1. The van der Waals surface area contributed by atoms with Gasteiger partial charge in [0.25, 0.3) is 0 Å². The van der Waals surface area contributed by atoms with Gasteiger partial charge in [-0.25, -0.2) is 4.79 Å². The minimum atomic E-state index is -0.464. The molecule has 0 aromatic heterocycles. The molecule has 3 N–H and O–H groups in total. The first-order valence-electron chi connectivity index (χ1n) is 6.85. The molecule has 1 unspecified atom stereocenters. The van der Waals surface area contributed by atoms with Crippen molar-refractivity contribution < 1.29 is 9.59 Å². The summed E-state index contributed by atoms with van der Waals surface area (Å²) >= 11 is 0. The molecule has 0 spiro atoms. The summed E-state index contributed by atoms with van der Waals surface area (Å²) in [4.78, 5) is 23.1. The highest BCUT2D eigenvalue weighted by molar-refractivity contribution is 5.96. The van der Waals surface area contributed by atoms with Crippen molar-refractivity contribution in [3.63, 3.8) is 0 Å². The number of imide groups is 1. The first-order valence-corrected chi connectivity index (χ1v) is 6.85. The number of nitrogens with one attached hydrogen (secondary N) is 3. The van der Waals surface area contributed by atoms with Crippen molar-refractivity contribution >= 4 is 11.9 Å². The van der Waals surface area contributed by atoms with E-state index in [2.05, 4.69) is 16.0 Å². The average molecular weight is 277 g/mol. The van der Waals surface area contributed by atoms with E-state index in [1.54, 1.807) is 13.8 Å². The number of hydrogen-bond donors (Lipinski definition) is 3. The van der Waals surface area contributed by atoms with Crippen molar-refractivity contribution in [2.75, 3.05) is 6.54 Å². The van der Waals surface area contributed by atoms with Crippen LogP contribution in [0.5, 0.6) is 0 Å². The van der Waals surface area contributed by atoms with Gasteiger partial charge in [-0.1, -0.05) is 29.8 Å². The number of rotatable bonds is 5. The minimum Gasteiger partial charge on any atom is -0.338 e.